The van der Waals surface area contributed by atoms with Crippen molar-refractivity contribution in [1.82, 2.24) is 10.6 Å². The van der Waals surface area contributed by atoms with E-state index in [1.54, 1.807) is 0 Å². The molecule has 0 aromatic carbocycles. The zero-order chi connectivity index (χ0) is 13.3. The Morgan fingerprint density at radius 3 is 2.44 bits per heavy atom. The van der Waals surface area contributed by atoms with Crippen molar-refractivity contribution >= 4 is 11.9 Å². The molecule has 1 aliphatic heterocycles. The molecule has 1 aliphatic carbocycles. The number of rotatable bonds is 4. The van der Waals surface area contributed by atoms with E-state index in [4.69, 9.17) is 5.11 Å². The van der Waals surface area contributed by atoms with Crippen LogP contribution in [0.2, 0.25) is 0 Å². The molecule has 3 N–H and O–H groups in total. The molecule has 2 rings (SSSR count). The Balaban J connectivity index is 1.91. The van der Waals surface area contributed by atoms with Crippen LogP contribution in [0, 0.1) is 17.3 Å². The highest BCUT2D eigenvalue weighted by Crippen LogP contribution is 2.58. The standard InChI is InChI=1S/C13H22N2O3/c1-8(2)10(12(17)18)15-11(16)9-7-13(9)3-5-14-6-4-13/h8-10,14H,3-7H2,1-2H3,(H,15,16)(H,17,18). The Bertz CT molecular complexity index is 348. The van der Waals surface area contributed by atoms with Gasteiger partial charge >= 0.3 is 5.97 Å². The van der Waals surface area contributed by atoms with Gasteiger partial charge in [-0.1, -0.05) is 13.8 Å². The number of aliphatic carboxylic acids is 1. The Morgan fingerprint density at radius 2 is 1.94 bits per heavy atom. The lowest BCUT2D eigenvalue weighted by atomic mass is 9.91. The van der Waals surface area contributed by atoms with Crippen LogP contribution in [0.5, 0.6) is 0 Å². The van der Waals surface area contributed by atoms with Crippen molar-refractivity contribution in [3.8, 4) is 0 Å². The molecule has 1 saturated carbocycles. The summed E-state index contributed by atoms with van der Waals surface area (Å²) < 4.78 is 0. The van der Waals surface area contributed by atoms with Crippen molar-refractivity contribution in [2.45, 2.75) is 39.2 Å². The second-order valence-electron chi connectivity index (χ2n) is 5.94. The first-order valence-electron chi connectivity index (χ1n) is 6.70. The second-order valence-corrected chi connectivity index (χ2v) is 5.94. The molecule has 1 heterocycles. The number of carboxylic acid groups (broad SMARTS) is 1. The van der Waals surface area contributed by atoms with Crippen LogP contribution in [-0.4, -0.2) is 36.1 Å². The van der Waals surface area contributed by atoms with E-state index in [0.717, 1.165) is 32.4 Å². The molecular weight excluding hydrogens is 232 g/mol. The van der Waals surface area contributed by atoms with Crippen molar-refractivity contribution in [2.75, 3.05) is 13.1 Å². The average molecular weight is 254 g/mol. The maximum atomic E-state index is 12.1. The van der Waals surface area contributed by atoms with E-state index in [2.05, 4.69) is 10.6 Å². The number of carboxylic acids is 1. The zero-order valence-corrected chi connectivity index (χ0v) is 11.0. The van der Waals surface area contributed by atoms with Crippen molar-refractivity contribution in [2.24, 2.45) is 17.3 Å². The van der Waals surface area contributed by atoms with Gasteiger partial charge in [0.2, 0.25) is 5.91 Å². The third kappa shape index (κ3) is 2.51. The first-order valence-corrected chi connectivity index (χ1v) is 6.70. The van der Waals surface area contributed by atoms with Gasteiger partial charge in [0.15, 0.2) is 0 Å². The molecule has 0 aromatic rings. The molecule has 1 saturated heterocycles. The molecule has 0 aromatic heterocycles. The fourth-order valence-corrected chi connectivity index (χ4v) is 2.96. The van der Waals surface area contributed by atoms with Crippen molar-refractivity contribution in [3.05, 3.63) is 0 Å². The Hall–Kier alpha value is -1.10. The van der Waals surface area contributed by atoms with Crippen LogP contribution in [-0.2, 0) is 9.59 Å². The highest BCUT2D eigenvalue weighted by Gasteiger charge is 2.57. The van der Waals surface area contributed by atoms with Crippen LogP contribution in [0.3, 0.4) is 0 Å². The van der Waals surface area contributed by atoms with Gasteiger partial charge in [0.25, 0.3) is 0 Å². The highest BCUT2D eigenvalue weighted by atomic mass is 16.4. The van der Waals surface area contributed by atoms with E-state index in [1.807, 2.05) is 13.8 Å². The lowest BCUT2D eigenvalue weighted by molar-refractivity contribution is -0.143. The van der Waals surface area contributed by atoms with Crippen molar-refractivity contribution < 1.29 is 14.7 Å². The molecule has 2 atom stereocenters. The van der Waals surface area contributed by atoms with Crippen LogP contribution >= 0.6 is 0 Å². The molecule has 2 fully saturated rings. The minimum absolute atomic E-state index is 0.0280. The number of amides is 1. The average Bonchev–Trinajstić information content (AvgIpc) is 2.99. The van der Waals surface area contributed by atoms with Gasteiger partial charge in [-0.05, 0) is 43.7 Å². The van der Waals surface area contributed by atoms with E-state index < -0.39 is 12.0 Å². The monoisotopic (exact) mass is 254 g/mol. The molecule has 5 heteroatoms. The van der Waals surface area contributed by atoms with Crippen LogP contribution < -0.4 is 10.6 Å². The summed E-state index contributed by atoms with van der Waals surface area (Å²) in [6, 6.07) is -0.767. The summed E-state index contributed by atoms with van der Waals surface area (Å²) in [6.45, 7) is 5.56. The van der Waals surface area contributed by atoms with Gasteiger partial charge in [-0.15, -0.1) is 0 Å². The third-order valence-electron chi connectivity index (χ3n) is 4.34. The number of carbonyl (C=O) groups excluding carboxylic acids is 1. The van der Waals surface area contributed by atoms with Gasteiger partial charge in [-0.3, -0.25) is 4.79 Å². The van der Waals surface area contributed by atoms with Gasteiger partial charge in [0, 0.05) is 5.92 Å². The number of carbonyl (C=O) groups is 2. The van der Waals surface area contributed by atoms with Gasteiger partial charge < -0.3 is 15.7 Å². The first kappa shape index (κ1) is 13.3. The highest BCUT2D eigenvalue weighted by molar-refractivity contribution is 5.87. The van der Waals surface area contributed by atoms with Gasteiger partial charge in [0.1, 0.15) is 6.04 Å². The predicted octanol–water partition coefficient (Wildman–Crippen LogP) is 0.601. The number of nitrogens with one attached hydrogen (secondary N) is 2. The summed E-state index contributed by atoms with van der Waals surface area (Å²) in [7, 11) is 0. The maximum Gasteiger partial charge on any atom is 0.326 e. The van der Waals surface area contributed by atoms with Crippen molar-refractivity contribution in [3.63, 3.8) is 0 Å². The SMILES string of the molecule is CC(C)C(NC(=O)C1CC12CCNCC2)C(=O)O. The van der Waals surface area contributed by atoms with Crippen LogP contribution in [0.15, 0.2) is 0 Å². The smallest absolute Gasteiger partial charge is 0.326 e. The van der Waals surface area contributed by atoms with E-state index in [1.165, 1.54) is 0 Å². The molecule has 102 valence electrons. The summed E-state index contributed by atoms with van der Waals surface area (Å²) in [5.41, 5.74) is 0.162. The van der Waals surface area contributed by atoms with Gasteiger partial charge in [-0.2, -0.15) is 0 Å². The largest absolute Gasteiger partial charge is 0.480 e. The fraction of sp³-hybridized carbons (Fsp3) is 0.846. The normalized spacial score (nSPS) is 26.9. The van der Waals surface area contributed by atoms with Crippen LogP contribution in [0.1, 0.15) is 33.1 Å². The summed E-state index contributed by atoms with van der Waals surface area (Å²) in [5.74, 6) is -1.08. The number of hydrogen-bond donors (Lipinski definition) is 3. The van der Waals surface area contributed by atoms with Gasteiger partial charge in [0.05, 0.1) is 0 Å². The minimum Gasteiger partial charge on any atom is -0.480 e. The van der Waals surface area contributed by atoms with E-state index in [-0.39, 0.29) is 23.2 Å². The molecule has 5 nitrogen and oxygen atoms in total. The Kier molecular flexibility index (Phi) is 3.61. The third-order valence-corrected chi connectivity index (χ3v) is 4.34. The van der Waals surface area contributed by atoms with Gasteiger partial charge in [-0.25, -0.2) is 4.79 Å². The van der Waals surface area contributed by atoms with E-state index >= 15 is 0 Å². The molecular formula is C13H22N2O3. The first-order chi connectivity index (χ1) is 8.46. The summed E-state index contributed by atoms with van der Waals surface area (Å²) in [5, 5.41) is 15.1. The van der Waals surface area contributed by atoms with E-state index in [9.17, 15) is 9.59 Å². The summed E-state index contributed by atoms with van der Waals surface area (Å²) >= 11 is 0. The van der Waals surface area contributed by atoms with Crippen LogP contribution in [0.4, 0.5) is 0 Å². The molecule has 1 spiro atoms. The van der Waals surface area contributed by atoms with Crippen molar-refractivity contribution in [1.29, 1.82) is 0 Å². The Morgan fingerprint density at radius 1 is 1.33 bits per heavy atom. The maximum absolute atomic E-state index is 12.1. The molecule has 2 aliphatic rings. The summed E-state index contributed by atoms with van der Waals surface area (Å²) in [6.07, 6.45) is 2.99. The Labute approximate surface area is 107 Å². The topological polar surface area (TPSA) is 78.4 Å². The number of piperidine rings is 1. The lowest BCUT2D eigenvalue weighted by Gasteiger charge is -2.24. The molecule has 0 bridgehead atoms. The zero-order valence-electron chi connectivity index (χ0n) is 11.0. The molecule has 1 amide bonds. The minimum atomic E-state index is -0.946. The lowest BCUT2D eigenvalue weighted by Crippen LogP contribution is -2.46. The molecule has 0 radical (unpaired) electrons. The quantitative estimate of drug-likeness (QED) is 0.686. The second kappa shape index (κ2) is 4.88. The summed E-state index contributed by atoms with van der Waals surface area (Å²) in [4.78, 5) is 23.2. The van der Waals surface area contributed by atoms with E-state index in [0.29, 0.717) is 0 Å². The predicted molar refractivity (Wildman–Crippen MR) is 67.0 cm³/mol. The number of hydrogen-bond acceptors (Lipinski definition) is 3. The van der Waals surface area contributed by atoms with Crippen LogP contribution in [0.25, 0.3) is 0 Å². The molecule has 2 unspecified atom stereocenters. The molecule has 18 heavy (non-hydrogen) atoms. The fourth-order valence-electron chi connectivity index (χ4n) is 2.96.